The molecule has 2 atom stereocenters. The number of amidine groups is 1. The van der Waals surface area contributed by atoms with E-state index in [0.717, 1.165) is 19.6 Å². The average molecular weight is 212 g/mol. The van der Waals surface area contributed by atoms with Crippen molar-refractivity contribution >= 4 is 5.84 Å². The maximum Gasteiger partial charge on any atom is 0.0920 e. The highest BCUT2D eigenvalue weighted by Gasteiger charge is 2.25. The molecular formula is C11H24N4. The van der Waals surface area contributed by atoms with E-state index in [1.165, 1.54) is 6.42 Å². The number of hydrogen-bond acceptors (Lipinski definition) is 3. The van der Waals surface area contributed by atoms with Crippen LogP contribution >= 0.6 is 0 Å². The van der Waals surface area contributed by atoms with Crippen LogP contribution in [0.4, 0.5) is 0 Å². The minimum Gasteiger partial charge on any atom is -0.388 e. The van der Waals surface area contributed by atoms with Crippen molar-refractivity contribution in [2.75, 3.05) is 26.7 Å². The second-order valence-electron chi connectivity index (χ2n) is 4.62. The molecule has 88 valence electrons. The summed E-state index contributed by atoms with van der Waals surface area (Å²) in [6.45, 7) is 7.74. The summed E-state index contributed by atoms with van der Waals surface area (Å²) in [5, 5.41) is 7.32. The van der Waals surface area contributed by atoms with Gasteiger partial charge in [0, 0.05) is 38.1 Å². The van der Waals surface area contributed by atoms with E-state index in [1.807, 2.05) is 0 Å². The van der Waals surface area contributed by atoms with Gasteiger partial charge in [-0.25, -0.2) is 0 Å². The molecule has 0 aromatic carbocycles. The molecule has 0 radical (unpaired) electrons. The molecule has 1 rings (SSSR count). The molecule has 1 saturated heterocycles. The van der Waals surface area contributed by atoms with E-state index in [9.17, 15) is 0 Å². The van der Waals surface area contributed by atoms with Crippen LogP contribution < -0.4 is 5.73 Å². The lowest BCUT2D eigenvalue weighted by atomic mass is 10.1. The molecule has 0 aromatic heterocycles. The number of hydrogen-bond donors (Lipinski definition) is 2. The molecule has 2 unspecified atom stereocenters. The van der Waals surface area contributed by atoms with Gasteiger partial charge in [-0.15, -0.1) is 0 Å². The lowest BCUT2D eigenvalue weighted by molar-refractivity contribution is 0.0695. The highest BCUT2D eigenvalue weighted by Crippen LogP contribution is 2.14. The van der Waals surface area contributed by atoms with Crippen LogP contribution in [0, 0.1) is 5.41 Å². The van der Waals surface area contributed by atoms with Crippen molar-refractivity contribution in [3.05, 3.63) is 0 Å². The number of nitrogens with one attached hydrogen (secondary N) is 1. The van der Waals surface area contributed by atoms with Gasteiger partial charge in [0.15, 0.2) is 0 Å². The molecular weight excluding hydrogens is 188 g/mol. The Morgan fingerprint density at radius 3 is 2.73 bits per heavy atom. The Hall–Kier alpha value is -0.610. The first-order chi connectivity index (χ1) is 7.04. The molecule has 1 aliphatic rings. The second-order valence-corrected chi connectivity index (χ2v) is 4.62. The quantitative estimate of drug-likeness (QED) is 0.533. The van der Waals surface area contributed by atoms with Crippen molar-refractivity contribution in [3.8, 4) is 0 Å². The molecule has 1 fully saturated rings. The third kappa shape index (κ3) is 3.47. The summed E-state index contributed by atoms with van der Waals surface area (Å²) in [4.78, 5) is 4.88. The summed E-state index contributed by atoms with van der Waals surface area (Å²) in [6.07, 6.45) is 1.89. The molecule has 0 spiro atoms. The smallest absolute Gasteiger partial charge is 0.0920 e. The summed E-state index contributed by atoms with van der Waals surface area (Å²) < 4.78 is 0. The lowest BCUT2D eigenvalue weighted by Gasteiger charge is -2.41. The van der Waals surface area contributed by atoms with E-state index in [2.05, 4.69) is 30.7 Å². The SMILES string of the molecule is CCC1CN(C(C)CC(=N)N)CCN1C. The van der Waals surface area contributed by atoms with Gasteiger partial charge >= 0.3 is 0 Å². The summed E-state index contributed by atoms with van der Waals surface area (Å²) >= 11 is 0. The van der Waals surface area contributed by atoms with Gasteiger partial charge in [-0.05, 0) is 20.4 Å². The monoisotopic (exact) mass is 212 g/mol. The van der Waals surface area contributed by atoms with Crippen LogP contribution in [0.15, 0.2) is 0 Å². The predicted octanol–water partition coefficient (Wildman–Crippen LogP) is 0.727. The third-order valence-electron chi connectivity index (χ3n) is 3.42. The largest absolute Gasteiger partial charge is 0.388 e. The van der Waals surface area contributed by atoms with Gasteiger partial charge in [-0.3, -0.25) is 10.3 Å². The van der Waals surface area contributed by atoms with Crippen LogP contribution in [-0.4, -0.2) is 54.4 Å². The summed E-state index contributed by atoms with van der Waals surface area (Å²) in [6, 6.07) is 1.07. The van der Waals surface area contributed by atoms with Crippen molar-refractivity contribution < 1.29 is 0 Å². The molecule has 4 nitrogen and oxygen atoms in total. The number of likely N-dealkylation sites (N-methyl/N-ethyl adjacent to an activating group) is 1. The first kappa shape index (κ1) is 12.5. The highest BCUT2D eigenvalue weighted by molar-refractivity contribution is 5.77. The Morgan fingerprint density at radius 1 is 1.53 bits per heavy atom. The Bertz CT molecular complexity index is 217. The first-order valence-corrected chi connectivity index (χ1v) is 5.81. The summed E-state index contributed by atoms with van der Waals surface area (Å²) in [5.74, 6) is 0.300. The highest BCUT2D eigenvalue weighted by atomic mass is 15.3. The first-order valence-electron chi connectivity index (χ1n) is 5.81. The summed E-state index contributed by atoms with van der Waals surface area (Å²) in [5.41, 5.74) is 5.44. The number of nitrogens with two attached hydrogens (primary N) is 1. The van der Waals surface area contributed by atoms with E-state index in [0.29, 0.717) is 24.3 Å². The van der Waals surface area contributed by atoms with Crippen LogP contribution in [0.5, 0.6) is 0 Å². The molecule has 1 aliphatic heterocycles. The van der Waals surface area contributed by atoms with Gasteiger partial charge in [0.05, 0.1) is 5.84 Å². The Morgan fingerprint density at radius 2 is 2.20 bits per heavy atom. The van der Waals surface area contributed by atoms with E-state index >= 15 is 0 Å². The van der Waals surface area contributed by atoms with E-state index in [4.69, 9.17) is 11.1 Å². The molecule has 0 amide bonds. The maximum absolute atomic E-state index is 7.32. The minimum absolute atomic E-state index is 0.300. The van der Waals surface area contributed by atoms with E-state index in [1.54, 1.807) is 0 Å². The second kappa shape index (κ2) is 5.47. The normalized spacial score (nSPS) is 26.5. The Balaban J connectivity index is 2.46. The zero-order valence-corrected chi connectivity index (χ0v) is 10.2. The number of nitrogens with zero attached hydrogens (tertiary/aromatic N) is 2. The molecule has 0 saturated carbocycles. The van der Waals surface area contributed by atoms with E-state index in [-0.39, 0.29) is 0 Å². The van der Waals surface area contributed by atoms with Gasteiger partial charge in [-0.2, -0.15) is 0 Å². The predicted molar refractivity (Wildman–Crippen MR) is 64.3 cm³/mol. The van der Waals surface area contributed by atoms with Crippen LogP contribution in [0.1, 0.15) is 26.7 Å². The third-order valence-corrected chi connectivity index (χ3v) is 3.42. The van der Waals surface area contributed by atoms with Crippen LogP contribution in [0.25, 0.3) is 0 Å². The van der Waals surface area contributed by atoms with Gasteiger partial charge in [0.1, 0.15) is 0 Å². The van der Waals surface area contributed by atoms with Crippen molar-refractivity contribution in [2.24, 2.45) is 5.73 Å². The van der Waals surface area contributed by atoms with Crippen LogP contribution in [0.3, 0.4) is 0 Å². The van der Waals surface area contributed by atoms with Gasteiger partial charge < -0.3 is 10.6 Å². The van der Waals surface area contributed by atoms with Gasteiger partial charge in [0.2, 0.25) is 0 Å². The topological polar surface area (TPSA) is 56.4 Å². The number of piperazine rings is 1. The van der Waals surface area contributed by atoms with Crippen molar-refractivity contribution in [3.63, 3.8) is 0 Å². The molecule has 3 N–H and O–H groups in total. The fourth-order valence-electron chi connectivity index (χ4n) is 2.26. The minimum atomic E-state index is 0.300. The van der Waals surface area contributed by atoms with Crippen molar-refractivity contribution in [1.82, 2.24) is 9.80 Å². The van der Waals surface area contributed by atoms with Gasteiger partial charge in [0.25, 0.3) is 0 Å². The van der Waals surface area contributed by atoms with Gasteiger partial charge in [-0.1, -0.05) is 6.92 Å². The lowest BCUT2D eigenvalue weighted by Crippen LogP contribution is -2.54. The molecule has 0 aromatic rings. The average Bonchev–Trinajstić information content (AvgIpc) is 2.17. The van der Waals surface area contributed by atoms with Crippen molar-refractivity contribution in [1.29, 1.82) is 5.41 Å². The maximum atomic E-state index is 7.32. The Kier molecular flexibility index (Phi) is 4.54. The molecule has 0 aliphatic carbocycles. The Labute approximate surface area is 92.9 Å². The fourth-order valence-corrected chi connectivity index (χ4v) is 2.26. The standard InChI is InChI=1S/C11H24N4/c1-4-10-8-15(6-5-14(10)3)9(2)7-11(12)13/h9-10H,4-8H2,1-3H3,(H3,12,13). The van der Waals surface area contributed by atoms with E-state index < -0.39 is 0 Å². The molecule has 4 heteroatoms. The fraction of sp³-hybridized carbons (Fsp3) is 0.909. The van der Waals surface area contributed by atoms with Crippen molar-refractivity contribution in [2.45, 2.75) is 38.8 Å². The number of rotatable bonds is 4. The van der Waals surface area contributed by atoms with Crippen LogP contribution in [0.2, 0.25) is 0 Å². The molecule has 0 bridgehead atoms. The zero-order chi connectivity index (χ0) is 11.4. The summed E-state index contributed by atoms with van der Waals surface area (Å²) in [7, 11) is 2.20. The molecule has 1 heterocycles. The molecule has 15 heavy (non-hydrogen) atoms. The van der Waals surface area contributed by atoms with Crippen LogP contribution in [-0.2, 0) is 0 Å². The zero-order valence-electron chi connectivity index (χ0n) is 10.2.